The van der Waals surface area contributed by atoms with E-state index < -0.39 is 0 Å². The Bertz CT molecular complexity index is 912. The molecule has 4 rings (SSSR count). The van der Waals surface area contributed by atoms with Crippen molar-refractivity contribution < 1.29 is 0 Å². The number of likely N-dealkylation sites (tertiary alicyclic amines) is 1. The molecule has 0 saturated carbocycles. The van der Waals surface area contributed by atoms with Crippen molar-refractivity contribution in [2.75, 3.05) is 13.1 Å². The van der Waals surface area contributed by atoms with Crippen molar-refractivity contribution in [1.29, 1.82) is 0 Å². The highest BCUT2D eigenvalue weighted by atomic mass is 32.1. The van der Waals surface area contributed by atoms with E-state index in [1.807, 2.05) is 36.1 Å². The number of nitrogens with one attached hydrogen (secondary N) is 1. The molecule has 0 bridgehead atoms. The molecule has 1 aliphatic rings. The van der Waals surface area contributed by atoms with Crippen LogP contribution in [0, 0.1) is 6.92 Å². The Hall–Kier alpha value is -2.38. The predicted octanol–water partition coefficient (Wildman–Crippen LogP) is 2.98. The van der Waals surface area contributed by atoms with E-state index in [2.05, 4.69) is 19.9 Å². The number of piperidine rings is 1. The second-order valence-corrected chi connectivity index (χ2v) is 7.50. The van der Waals surface area contributed by atoms with Gasteiger partial charge in [-0.3, -0.25) is 9.69 Å². The first-order valence-corrected chi connectivity index (χ1v) is 9.75. The molecule has 0 aliphatic carbocycles. The first kappa shape index (κ1) is 17.1. The average Bonchev–Trinajstić information content (AvgIpc) is 3.19. The number of hydrogen-bond donors (Lipinski definition) is 1. The lowest BCUT2D eigenvalue weighted by Gasteiger charge is -2.31. The third-order valence-corrected chi connectivity index (χ3v) is 5.48. The summed E-state index contributed by atoms with van der Waals surface area (Å²) < 4.78 is 0. The summed E-state index contributed by atoms with van der Waals surface area (Å²) in [6, 6.07) is 3.58. The maximum absolute atomic E-state index is 12.1. The number of aromatic amines is 1. The molecule has 0 spiro atoms. The third-order valence-electron chi connectivity index (χ3n) is 4.79. The molecule has 1 N–H and O–H groups in total. The largest absolute Gasteiger partial charge is 0.310 e. The smallest absolute Gasteiger partial charge is 0.251 e. The van der Waals surface area contributed by atoms with Crippen LogP contribution in [0.1, 0.15) is 36.0 Å². The number of nitrogens with zero attached hydrogens (tertiary/aromatic N) is 4. The Balaban J connectivity index is 1.43. The molecule has 1 saturated heterocycles. The Labute approximate surface area is 156 Å². The molecule has 0 amide bonds. The van der Waals surface area contributed by atoms with Crippen LogP contribution in [0.25, 0.3) is 11.3 Å². The highest BCUT2D eigenvalue weighted by molar-refractivity contribution is 7.08. The summed E-state index contributed by atoms with van der Waals surface area (Å²) in [5.74, 6) is 1.91. The Morgan fingerprint density at radius 3 is 2.73 bits per heavy atom. The topological polar surface area (TPSA) is 74.8 Å². The lowest BCUT2D eigenvalue weighted by atomic mass is 9.95. The number of aryl methyl sites for hydroxylation is 1. The number of rotatable bonds is 4. The van der Waals surface area contributed by atoms with Gasteiger partial charge in [0.05, 0.1) is 5.69 Å². The van der Waals surface area contributed by atoms with E-state index in [0.717, 1.165) is 60.9 Å². The molecule has 0 unspecified atom stereocenters. The quantitative estimate of drug-likeness (QED) is 0.767. The van der Waals surface area contributed by atoms with Crippen molar-refractivity contribution in [3.05, 3.63) is 62.9 Å². The van der Waals surface area contributed by atoms with Crippen molar-refractivity contribution in [2.45, 2.75) is 32.2 Å². The second kappa shape index (κ2) is 7.47. The molecule has 0 aromatic carbocycles. The van der Waals surface area contributed by atoms with Crippen LogP contribution in [0.5, 0.6) is 0 Å². The van der Waals surface area contributed by atoms with Crippen LogP contribution in [0.2, 0.25) is 0 Å². The number of thiophene rings is 1. The summed E-state index contributed by atoms with van der Waals surface area (Å²) in [6.07, 6.45) is 5.78. The van der Waals surface area contributed by atoms with Crippen LogP contribution < -0.4 is 5.56 Å². The fourth-order valence-corrected chi connectivity index (χ4v) is 4.00. The lowest BCUT2D eigenvalue weighted by Crippen LogP contribution is -2.33. The van der Waals surface area contributed by atoms with Gasteiger partial charge in [0.2, 0.25) is 0 Å². The molecule has 1 aliphatic heterocycles. The minimum Gasteiger partial charge on any atom is -0.310 e. The van der Waals surface area contributed by atoms with Gasteiger partial charge in [-0.25, -0.2) is 15.0 Å². The van der Waals surface area contributed by atoms with Gasteiger partial charge in [-0.15, -0.1) is 0 Å². The first-order chi connectivity index (χ1) is 12.7. The van der Waals surface area contributed by atoms with Crippen molar-refractivity contribution >= 4 is 11.3 Å². The van der Waals surface area contributed by atoms with Gasteiger partial charge >= 0.3 is 0 Å². The summed E-state index contributed by atoms with van der Waals surface area (Å²) in [7, 11) is 0. The van der Waals surface area contributed by atoms with E-state index in [9.17, 15) is 4.79 Å². The normalized spacial score (nSPS) is 16.0. The van der Waals surface area contributed by atoms with Crippen LogP contribution >= 0.6 is 11.3 Å². The molecule has 3 aromatic heterocycles. The van der Waals surface area contributed by atoms with E-state index in [1.54, 1.807) is 17.4 Å². The van der Waals surface area contributed by atoms with Gasteiger partial charge in [-0.1, -0.05) is 0 Å². The van der Waals surface area contributed by atoms with Crippen LogP contribution in [0.15, 0.2) is 40.1 Å². The van der Waals surface area contributed by atoms with Gasteiger partial charge in [0.1, 0.15) is 11.6 Å². The van der Waals surface area contributed by atoms with Crippen LogP contribution in [-0.4, -0.2) is 37.9 Å². The number of aromatic nitrogens is 4. The monoisotopic (exact) mass is 367 g/mol. The summed E-state index contributed by atoms with van der Waals surface area (Å²) >= 11 is 1.61. The Kier molecular flexibility index (Phi) is 4.90. The van der Waals surface area contributed by atoms with Crippen LogP contribution in [0.4, 0.5) is 0 Å². The maximum atomic E-state index is 12.1. The van der Waals surface area contributed by atoms with E-state index in [4.69, 9.17) is 4.98 Å². The van der Waals surface area contributed by atoms with Crippen molar-refractivity contribution in [3.63, 3.8) is 0 Å². The van der Waals surface area contributed by atoms with Crippen molar-refractivity contribution in [2.24, 2.45) is 0 Å². The van der Waals surface area contributed by atoms with Gasteiger partial charge in [-0.05, 0) is 44.3 Å². The SMILES string of the molecule is Cc1ncc(CN2CCC(c3nc(-c4ccsc4)cc(=O)[nH]3)CC2)cn1. The van der Waals surface area contributed by atoms with Gasteiger partial charge in [0.25, 0.3) is 5.56 Å². The third kappa shape index (κ3) is 3.89. The van der Waals surface area contributed by atoms with Gasteiger partial charge in [0, 0.05) is 47.4 Å². The van der Waals surface area contributed by atoms with Gasteiger partial charge in [-0.2, -0.15) is 11.3 Å². The van der Waals surface area contributed by atoms with Crippen molar-refractivity contribution in [1.82, 2.24) is 24.8 Å². The molecule has 0 radical (unpaired) electrons. The molecule has 6 nitrogen and oxygen atoms in total. The van der Waals surface area contributed by atoms with Crippen LogP contribution in [-0.2, 0) is 6.54 Å². The van der Waals surface area contributed by atoms with E-state index >= 15 is 0 Å². The van der Waals surface area contributed by atoms with E-state index in [1.165, 1.54) is 0 Å². The number of H-pyrrole nitrogens is 1. The molecule has 0 atom stereocenters. The molecule has 4 heterocycles. The highest BCUT2D eigenvalue weighted by Gasteiger charge is 2.23. The summed E-state index contributed by atoms with van der Waals surface area (Å²) in [4.78, 5) is 30.7. The molecular formula is C19H21N5OS. The van der Waals surface area contributed by atoms with E-state index in [0.29, 0.717) is 5.92 Å². The maximum Gasteiger partial charge on any atom is 0.251 e. The molecule has 26 heavy (non-hydrogen) atoms. The minimum atomic E-state index is -0.0737. The van der Waals surface area contributed by atoms with Gasteiger partial charge in [0.15, 0.2) is 0 Å². The zero-order valence-corrected chi connectivity index (χ0v) is 15.5. The van der Waals surface area contributed by atoms with Gasteiger partial charge < -0.3 is 4.98 Å². The molecule has 134 valence electrons. The molecular weight excluding hydrogens is 346 g/mol. The second-order valence-electron chi connectivity index (χ2n) is 6.72. The molecule has 3 aromatic rings. The minimum absolute atomic E-state index is 0.0737. The first-order valence-electron chi connectivity index (χ1n) is 8.81. The zero-order chi connectivity index (χ0) is 17.9. The average molecular weight is 367 g/mol. The van der Waals surface area contributed by atoms with Crippen LogP contribution in [0.3, 0.4) is 0 Å². The summed E-state index contributed by atoms with van der Waals surface area (Å²) in [5, 5.41) is 4.03. The fraction of sp³-hybridized carbons (Fsp3) is 0.368. The highest BCUT2D eigenvalue weighted by Crippen LogP contribution is 2.27. The standard InChI is InChI=1S/C19H21N5OS/c1-13-20-9-14(10-21-13)11-24-5-2-15(3-6-24)19-22-17(8-18(25)23-19)16-4-7-26-12-16/h4,7-10,12,15H,2-3,5-6,11H2,1H3,(H,22,23,25). The Morgan fingerprint density at radius 1 is 1.27 bits per heavy atom. The molecule has 7 heteroatoms. The van der Waals surface area contributed by atoms with E-state index in [-0.39, 0.29) is 5.56 Å². The van der Waals surface area contributed by atoms with Crippen molar-refractivity contribution in [3.8, 4) is 11.3 Å². The lowest BCUT2D eigenvalue weighted by molar-refractivity contribution is 0.201. The fourth-order valence-electron chi connectivity index (χ4n) is 3.35. The number of hydrogen-bond acceptors (Lipinski definition) is 6. The summed E-state index contributed by atoms with van der Waals surface area (Å²) in [5.41, 5.74) is 2.85. The zero-order valence-electron chi connectivity index (χ0n) is 14.7. The Morgan fingerprint density at radius 2 is 2.04 bits per heavy atom. The summed E-state index contributed by atoms with van der Waals surface area (Å²) in [6.45, 7) is 4.72. The predicted molar refractivity (Wildman–Crippen MR) is 102 cm³/mol. The molecule has 1 fully saturated rings.